The Kier molecular flexibility index (Phi) is 10.1. The van der Waals surface area contributed by atoms with Crippen LogP contribution in [-0.4, -0.2) is 53.2 Å². The molecule has 1 saturated heterocycles. The molecule has 3 aliphatic heterocycles. The molecule has 1 saturated carbocycles. The van der Waals surface area contributed by atoms with Crippen LogP contribution in [0.3, 0.4) is 0 Å². The molecule has 5 aromatic rings. The average molecular weight is 793 g/mol. The van der Waals surface area contributed by atoms with Gasteiger partial charge in [-0.2, -0.15) is 0 Å². The van der Waals surface area contributed by atoms with E-state index in [4.69, 9.17) is 9.47 Å². The van der Waals surface area contributed by atoms with Crippen LogP contribution < -0.4 is 22.5 Å². The van der Waals surface area contributed by atoms with Gasteiger partial charge in [0.15, 0.2) is 0 Å². The SMILES string of the molecule is CCCCCc1cc(C)c2c(c1)C=[N+]1C3CCCCC3[N+]3=Cc4cc(CCCC[AsH](c5ccccc5)(c5ccccc5)c5ccccc5)cc(C)c4OC13O2. The third-order valence-corrected chi connectivity index (χ3v) is 23.6. The summed E-state index contributed by atoms with van der Waals surface area (Å²) in [4.78, 5) is 0. The summed E-state index contributed by atoms with van der Waals surface area (Å²) in [6.45, 7) is 6.71. The van der Waals surface area contributed by atoms with Crippen LogP contribution in [0.1, 0.15) is 98.1 Å². The van der Waals surface area contributed by atoms with E-state index < -0.39 is 19.6 Å². The van der Waals surface area contributed by atoms with E-state index >= 15 is 0 Å². The molecule has 0 N–H and O–H groups in total. The first-order chi connectivity index (χ1) is 27.0. The molecule has 1 aliphatic carbocycles. The van der Waals surface area contributed by atoms with Gasteiger partial charge in [0.2, 0.25) is 0 Å². The number of aryl methyl sites for hydroxylation is 4. The fourth-order valence-electron chi connectivity index (χ4n) is 10.4. The summed E-state index contributed by atoms with van der Waals surface area (Å²) in [5, 5.41) is 1.22. The van der Waals surface area contributed by atoms with E-state index in [1.54, 1.807) is 13.1 Å². The summed E-state index contributed by atoms with van der Waals surface area (Å²) in [6.07, 6.45) is 17.8. The second-order valence-electron chi connectivity index (χ2n) is 16.6. The summed E-state index contributed by atoms with van der Waals surface area (Å²) in [5.41, 5.74) is 7.59. The summed E-state index contributed by atoms with van der Waals surface area (Å²) >= 11 is -2.95. The quantitative estimate of drug-likeness (QED) is 0.0719. The number of unbranched alkanes of at least 4 members (excludes halogenated alkanes) is 3. The van der Waals surface area contributed by atoms with E-state index in [1.165, 1.54) is 77.1 Å². The van der Waals surface area contributed by atoms with Crippen molar-refractivity contribution in [1.82, 2.24) is 0 Å². The molecule has 4 nitrogen and oxygen atoms in total. The fraction of sp³-hybridized carbons (Fsp3) is 0.360. The van der Waals surface area contributed by atoms with Crippen LogP contribution in [0.5, 0.6) is 11.5 Å². The molecule has 0 bridgehead atoms. The summed E-state index contributed by atoms with van der Waals surface area (Å²) in [6, 6.07) is 43.5. The van der Waals surface area contributed by atoms with Crippen molar-refractivity contribution >= 4 is 39.0 Å². The molecule has 282 valence electrons. The van der Waals surface area contributed by atoms with Gasteiger partial charge in [-0.3, -0.25) is 0 Å². The van der Waals surface area contributed by atoms with E-state index in [9.17, 15) is 0 Å². The number of rotatable bonds is 12. The van der Waals surface area contributed by atoms with Crippen molar-refractivity contribution in [3.8, 4) is 11.5 Å². The molecule has 9 rings (SSSR count). The van der Waals surface area contributed by atoms with Gasteiger partial charge in [0.25, 0.3) is 0 Å². The predicted octanol–water partition coefficient (Wildman–Crippen LogP) is 8.55. The summed E-state index contributed by atoms with van der Waals surface area (Å²) < 4.78 is 24.0. The van der Waals surface area contributed by atoms with Crippen LogP contribution in [0.15, 0.2) is 115 Å². The zero-order valence-corrected chi connectivity index (χ0v) is 35.1. The first kappa shape index (κ1) is 36.2. The summed E-state index contributed by atoms with van der Waals surface area (Å²) in [5.74, 6) is 1.92. The second-order valence-corrected chi connectivity index (χ2v) is 25.1. The molecule has 2 fully saturated rings. The predicted molar refractivity (Wildman–Crippen MR) is 230 cm³/mol. The number of benzene rings is 5. The molecule has 0 amide bonds. The molecule has 5 heteroatoms. The van der Waals surface area contributed by atoms with E-state index in [0.717, 1.165) is 43.6 Å². The van der Waals surface area contributed by atoms with Gasteiger partial charge < -0.3 is 0 Å². The Morgan fingerprint density at radius 3 is 1.45 bits per heavy atom. The van der Waals surface area contributed by atoms with Crippen molar-refractivity contribution < 1.29 is 18.6 Å². The minimum absolute atomic E-state index is 0.356. The zero-order chi connectivity index (χ0) is 37.4. The van der Waals surface area contributed by atoms with Gasteiger partial charge >= 0.3 is 258 Å². The zero-order valence-electron chi connectivity index (χ0n) is 33.0. The van der Waals surface area contributed by atoms with Gasteiger partial charge in [0, 0.05) is 0 Å². The van der Waals surface area contributed by atoms with Gasteiger partial charge in [0.05, 0.1) is 5.56 Å². The first-order valence-electron chi connectivity index (χ1n) is 21.1. The molecule has 3 unspecified atom stereocenters. The standard InChI is InChI=1S/C50H57AsN2O2/c1-4-5-9-20-39-31-37(2)48-41(33-39)35-52-46-28-16-17-29-47(46)53-36-42-34-40(32-38(3)49(42)55-50(52,53)54-48)21-18-19-30-51(43-22-10-6-11-23-43,44-24-12-7-13-25-44)45-26-14-8-15-27-45/h6-8,10-15,22-27,31-36,46-47,51H,4-5,9,16-21,28-30H2,1-3H3/q+2. The molecule has 55 heavy (non-hydrogen) atoms. The summed E-state index contributed by atoms with van der Waals surface area (Å²) in [7, 11) is 0. The second kappa shape index (κ2) is 15.3. The number of hydrogen-bond acceptors (Lipinski definition) is 2. The Bertz CT molecular complexity index is 2130. The molecule has 5 aromatic carbocycles. The van der Waals surface area contributed by atoms with Crippen LogP contribution in [0.2, 0.25) is 5.21 Å². The third-order valence-electron chi connectivity index (χ3n) is 12.9. The van der Waals surface area contributed by atoms with Crippen molar-refractivity contribution in [1.29, 1.82) is 0 Å². The number of nitrogens with zero attached hydrogens (tertiary/aromatic N) is 2. The van der Waals surface area contributed by atoms with Gasteiger partial charge in [0.1, 0.15) is 0 Å². The third kappa shape index (κ3) is 6.49. The number of ether oxygens (including phenoxy) is 2. The molecule has 4 aliphatic rings. The van der Waals surface area contributed by atoms with Crippen LogP contribution >= 0.6 is 0 Å². The molecule has 3 atom stereocenters. The molecular formula is C50H57AsN2O2+2. The molecule has 3 heterocycles. The van der Waals surface area contributed by atoms with E-state index in [0.29, 0.717) is 12.1 Å². The maximum atomic E-state index is 7.24. The van der Waals surface area contributed by atoms with Gasteiger partial charge in [-0.15, -0.1) is 0 Å². The fourth-order valence-corrected chi connectivity index (χ4v) is 20.7. The van der Waals surface area contributed by atoms with Crippen molar-refractivity contribution in [3.63, 3.8) is 0 Å². The Morgan fingerprint density at radius 2 is 1.02 bits per heavy atom. The van der Waals surface area contributed by atoms with Crippen molar-refractivity contribution in [3.05, 3.63) is 149 Å². The molecule has 0 aromatic heterocycles. The van der Waals surface area contributed by atoms with Gasteiger partial charge in [-0.25, -0.2) is 0 Å². The first-order valence-corrected chi connectivity index (χ1v) is 25.7. The molecular weight excluding hydrogens is 735 g/mol. The normalized spacial score (nSPS) is 21.1. The van der Waals surface area contributed by atoms with Crippen LogP contribution in [-0.2, 0) is 12.8 Å². The van der Waals surface area contributed by atoms with Gasteiger partial charge in [-0.1, -0.05) is 25.8 Å². The number of fused-ring (bicyclic) bond motifs is 5. The Balaban J connectivity index is 1.00. The van der Waals surface area contributed by atoms with Crippen molar-refractivity contribution in [2.45, 2.75) is 115 Å². The van der Waals surface area contributed by atoms with E-state index in [-0.39, 0.29) is 0 Å². The monoisotopic (exact) mass is 792 g/mol. The molecule has 1 spiro atoms. The van der Waals surface area contributed by atoms with Gasteiger partial charge in [-0.05, 0) is 43.4 Å². The Labute approximate surface area is 331 Å². The van der Waals surface area contributed by atoms with Crippen LogP contribution in [0.25, 0.3) is 0 Å². The molecule has 0 radical (unpaired) electrons. The Morgan fingerprint density at radius 1 is 0.582 bits per heavy atom. The topological polar surface area (TPSA) is 24.5 Å². The Hall–Kier alpha value is -4.40. The van der Waals surface area contributed by atoms with E-state index in [2.05, 4.69) is 158 Å². The minimum atomic E-state index is -2.95. The maximum absolute atomic E-state index is 7.24. The number of hydrogen-bond donors (Lipinski definition) is 0. The average Bonchev–Trinajstić information content (AvgIpc) is 3.49. The van der Waals surface area contributed by atoms with Crippen LogP contribution in [0.4, 0.5) is 0 Å². The van der Waals surface area contributed by atoms with E-state index in [1.807, 2.05) is 0 Å². The van der Waals surface area contributed by atoms with Crippen molar-refractivity contribution in [2.75, 3.05) is 0 Å². The van der Waals surface area contributed by atoms with Crippen LogP contribution in [0, 0.1) is 13.8 Å². The van der Waals surface area contributed by atoms with Crippen molar-refractivity contribution in [2.24, 2.45) is 0 Å².